The smallest absolute Gasteiger partial charge is 0.270 e. The first-order chi connectivity index (χ1) is 12.5. The summed E-state index contributed by atoms with van der Waals surface area (Å²) in [5, 5.41) is 15.9. The fraction of sp³-hybridized carbons (Fsp3) is 0.158. The fourth-order valence-electron chi connectivity index (χ4n) is 2.06. The Balaban J connectivity index is 1.86. The van der Waals surface area contributed by atoms with E-state index in [0.29, 0.717) is 0 Å². The molecular weight excluding hydrogens is 334 g/mol. The van der Waals surface area contributed by atoms with E-state index in [9.17, 15) is 19.7 Å². The molecule has 0 bridgehead atoms. The van der Waals surface area contributed by atoms with E-state index in [1.165, 1.54) is 25.1 Å². The first-order valence-corrected chi connectivity index (χ1v) is 7.84. The van der Waals surface area contributed by atoms with Crippen molar-refractivity contribution in [3.05, 3.63) is 75.8 Å². The normalized spacial score (nSPS) is 10.8. The van der Waals surface area contributed by atoms with E-state index in [1.807, 2.05) is 30.3 Å². The van der Waals surface area contributed by atoms with Crippen molar-refractivity contribution in [3.63, 3.8) is 0 Å². The molecule has 7 nitrogen and oxygen atoms in total. The molecule has 2 N–H and O–H groups in total. The summed E-state index contributed by atoms with van der Waals surface area (Å²) in [7, 11) is 0. The molecule has 1 atom stereocenters. The summed E-state index contributed by atoms with van der Waals surface area (Å²) in [6.45, 7) is 1.67. The molecule has 0 saturated carbocycles. The Morgan fingerprint density at radius 2 is 1.88 bits per heavy atom. The van der Waals surface area contributed by atoms with Crippen LogP contribution in [0.2, 0.25) is 0 Å². The molecule has 0 aliphatic heterocycles. The average molecular weight is 351 g/mol. The standard InChI is InChI=1S/C19H17N3O4/c1-14(18(23)20-12-6-9-15-7-3-2-4-8-15)21-19(24)16-10-5-11-17(13-16)22(25)26/h2-5,7-8,10-11,13-14H,12H2,1H3,(H,20,23)(H,21,24). The van der Waals surface area contributed by atoms with Crippen LogP contribution in [0, 0.1) is 22.0 Å². The monoisotopic (exact) mass is 351 g/mol. The zero-order valence-corrected chi connectivity index (χ0v) is 14.1. The van der Waals surface area contributed by atoms with Crippen molar-refractivity contribution in [2.24, 2.45) is 0 Å². The number of nitro benzene ring substituents is 1. The third kappa shape index (κ3) is 5.46. The maximum atomic E-state index is 12.1. The third-order valence-corrected chi connectivity index (χ3v) is 3.42. The second-order valence-electron chi connectivity index (χ2n) is 5.39. The lowest BCUT2D eigenvalue weighted by Gasteiger charge is -2.13. The van der Waals surface area contributed by atoms with Crippen LogP contribution in [0.4, 0.5) is 5.69 Å². The van der Waals surface area contributed by atoms with E-state index >= 15 is 0 Å². The minimum Gasteiger partial charge on any atom is -0.343 e. The van der Waals surface area contributed by atoms with Crippen molar-refractivity contribution < 1.29 is 14.5 Å². The predicted octanol–water partition coefficient (Wildman–Crippen LogP) is 1.88. The third-order valence-electron chi connectivity index (χ3n) is 3.42. The lowest BCUT2D eigenvalue weighted by Crippen LogP contribution is -2.44. The van der Waals surface area contributed by atoms with Gasteiger partial charge >= 0.3 is 0 Å². The zero-order chi connectivity index (χ0) is 18.9. The van der Waals surface area contributed by atoms with Gasteiger partial charge in [0, 0.05) is 23.3 Å². The van der Waals surface area contributed by atoms with Gasteiger partial charge in [0.1, 0.15) is 6.04 Å². The Hall–Kier alpha value is -3.66. The molecule has 2 aromatic rings. The van der Waals surface area contributed by atoms with E-state index < -0.39 is 22.8 Å². The Labute approximate surface area is 150 Å². The minimum atomic E-state index is -0.805. The first-order valence-electron chi connectivity index (χ1n) is 7.84. The summed E-state index contributed by atoms with van der Waals surface area (Å²) in [6, 6.07) is 13.8. The number of nitrogens with one attached hydrogen (secondary N) is 2. The zero-order valence-electron chi connectivity index (χ0n) is 14.1. The van der Waals surface area contributed by atoms with Crippen LogP contribution in [-0.2, 0) is 4.79 Å². The van der Waals surface area contributed by atoms with Gasteiger partial charge in [-0.25, -0.2) is 0 Å². The number of benzene rings is 2. The molecule has 2 amide bonds. The van der Waals surface area contributed by atoms with Crippen molar-refractivity contribution in [2.45, 2.75) is 13.0 Å². The topological polar surface area (TPSA) is 101 Å². The highest BCUT2D eigenvalue weighted by Gasteiger charge is 2.17. The number of rotatable bonds is 5. The largest absolute Gasteiger partial charge is 0.343 e. The van der Waals surface area contributed by atoms with Crippen LogP contribution in [0.1, 0.15) is 22.8 Å². The number of hydrogen-bond acceptors (Lipinski definition) is 4. The first kappa shape index (κ1) is 18.7. The van der Waals surface area contributed by atoms with Crippen LogP contribution in [0.5, 0.6) is 0 Å². The highest BCUT2D eigenvalue weighted by molar-refractivity contribution is 5.97. The van der Waals surface area contributed by atoms with Crippen molar-refractivity contribution >= 4 is 17.5 Å². The van der Waals surface area contributed by atoms with Crippen LogP contribution in [0.3, 0.4) is 0 Å². The summed E-state index contributed by atoms with van der Waals surface area (Å²) in [4.78, 5) is 34.3. The number of carbonyl (C=O) groups excluding carboxylic acids is 2. The van der Waals surface area contributed by atoms with Crippen molar-refractivity contribution in [1.82, 2.24) is 10.6 Å². The molecule has 0 fully saturated rings. The lowest BCUT2D eigenvalue weighted by molar-refractivity contribution is -0.384. The number of non-ortho nitro benzene ring substituents is 1. The van der Waals surface area contributed by atoms with E-state index in [0.717, 1.165) is 11.6 Å². The quantitative estimate of drug-likeness (QED) is 0.488. The molecule has 0 aliphatic rings. The number of amides is 2. The van der Waals surface area contributed by atoms with Gasteiger partial charge in [-0.15, -0.1) is 0 Å². The van der Waals surface area contributed by atoms with Crippen LogP contribution in [0.25, 0.3) is 0 Å². The predicted molar refractivity (Wildman–Crippen MR) is 96.4 cm³/mol. The van der Waals surface area contributed by atoms with Gasteiger partial charge in [-0.2, -0.15) is 0 Å². The molecule has 0 aliphatic carbocycles. The van der Waals surface area contributed by atoms with Gasteiger partial charge < -0.3 is 10.6 Å². The fourth-order valence-corrected chi connectivity index (χ4v) is 2.06. The highest BCUT2D eigenvalue weighted by atomic mass is 16.6. The summed E-state index contributed by atoms with van der Waals surface area (Å²) in [5.74, 6) is 4.77. The molecule has 0 radical (unpaired) electrons. The number of hydrogen-bond donors (Lipinski definition) is 2. The van der Waals surface area contributed by atoms with E-state index in [2.05, 4.69) is 22.5 Å². The SMILES string of the molecule is CC(NC(=O)c1cccc([N+](=O)[O-])c1)C(=O)NCC#Cc1ccccc1. The summed E-state index contributed by atoms with van der Waals surface area (Å²) < 4.78 is 0. The van der Waals surface area contributed by atoms with Crippen LogP contribution in [-0.4, -0.2) is 29.3 Å². The molecule has 0 spiro atoms. The molecule has 1 unspecified atom stereocenters. The van der Waals surface area contributed by atoms with Gasteiger partial charge in [0.2, 0.25) is 5.91 Å². The maximum absolute atomic E-state index is 12.1. The van der Waals surface area contributed by atoms with Gasteiger partial charge in [-0.1, -0.05) is 36.1 Å². The van der Waals surface area contributed by atoms with Gasteiger partial charge in [0.05, 0.1) is 11.5 Å². The molecule has 0 saturated heterocycles. The van der Waals surface area contributed by atoms with Crippen LogP contribution < -0.4 is 10.6 Å². The Morgan fingerprint density at radius 1 is 1.15 bits per heavy atom. The lowest BCUT2D eigenvalue weighted by atomic mass is 10.1. The number of nitrogens with zero attached hydrogens (tertiary/aromatic N) is 1. The van der Waals surface area contributed by atoms with Gasteiger partial charge in [0.25, 0.3) is 11.6 Å². The second kappa shape index (κ2) is 8.99. The Morgan fingerprint density at radius 3 is 2.58 bits per heavy atom. The van der Waals surface area contributed by atoms with Gasteiger partial charge in [-0.05, 0) is 25.1 Å². The molecule has 2 rings (SSSR count). The number of nitro groups is 1. The molecule has 26 heavy (non-hydrogen) atoms. The molecule has 0 heterocycles. The van der Waals surface area contributed by atoms with Crippen molar-refractivity contribution in [3.8, 4) is 11.8 Å². The van der Waals surface area contributed by atoms with Crippen LogP contribution in [0.15, 0.2) is 54.6 Å². The molecule has 2 aromatic carbocycles. The molecular formula is C19H17N3O4. The van der Waals surface area contributed by atoms with E-state index in [-0.39, 0.29) is 17.8 Å². The Kier molecular flexibility index (Phi) is 6.46. The van der Waals surface area contributed by atoms with Crippen molar-refractivity contribution in [2.75, 3.05) is 6.54 Å². The van der Waals surface area contributed by atoms with Crippen LogP contribution >= 0.6 is 0 Å². The minimum absolute atomic E-state index is 0.114. The summed E-state index contributed by atoms with van der Waals surface area (Å²) in [5.41, 5.74) is 0.766. The van der Waals surface area contributed by atoms with E-state index in [4.69, 9.17) is 0 Å². The molecule has 7 heteroatoms. The van der Waals surface area contributed by atoms with Gasteiger partial charge in [-0.3, -0.25) is 19.7 Å². The summed E-state index contributed by atoms with van der Waals surface area (Å²) >= 11 is 0. The number of carbonyl (C=O) groups is 2. The highest BCUT2D eigenvalue weighted by Crippen LogP contribution is 2.13. The Bertz CT molecular complexity index is 869. The maximum Gasteiger partial charge on any atom is 0.270 e. The molecule has 132 valence electrons. The second-order valence-corrected chi connectivity index (χ2v) is 5.39. The van der Waals surface area contributed by atoms with Gasteiger partial charge in [0.15, 0.2) is 0 Å². The van der Waals surface area contributed by atoms with E-state index in [1.54, 1.807) is 0 Å². The average Bonchev–Trinajstić information content (AvgIpc) is 2.65. The van der Waals surface area contributed by atoms with Crippen molar-refractivity contribution in [1.29, 1.82) is 0 Å². The molecule has 0 aromatic heterocycles. The summed E-state index contributed by atoms with van der Waals surface area (Å²) in [6.07, 6.45) is 0.